The number of aryl methyl sites for hydroxylation is 1. The lowest BCUT2D eigenvalue weighted by molar-refractivity contribution is 0.339. The van der Waals surface area contributed by atoms with Crippen LogP contribution in [-0.4, -0.2) is 27.0 Å². The zero-order valence-electron chi connectivity index (χ0n) is 8.66. The fourth-order valence-electron chi connectivity index (χ4n) is 1.03. The molecular formula is C10H13BrO3S. The molecule has 0 spiro atoms. The molecule has 0 aliphatic rings. The van der Waals surface area contributed by atoms with Gasteiger partial charge in [-0.25, -0.2) is 8.42 Å². The summed E-state index contributed by atoms with van der Waals surface area (Å²) < 4.78 is 27.9. The predicted molar refractivity (Wildman–Crippen MR) is 64.1 cm³/mol. The van der Waals surface area contributed by atoms with Gasteiger partial charge < -0.3 is 4.74 Å². The van der Waals surface area contributed by atoms with Crippen molar-refractivity contribution in [1.29, 1.82) is 0 Å². The second-order valence-corrected chi connectivity index (χ2v) is 6.53. The monoisotopic (exact) mass is 292 g/mol. The molecule has 0 heterocycles. The standard InChI is InChI=1S/C10H13BrO3S/c1-8-3-4-10(9(11)7-8)14-5-6-15(2,12)13/h3-4,7H,5-6H2,1-2H3. The third kappa shape index (κ3) is 4.66. The van der Waals surface area contributed by atoms with E-state index in [1.165, 1.54) is 6.26 Å². The maximum absolute atomic E-state index is 10.9. The normalized spacial score (nSPS) is 11.4. The first kappa shape index (κ1) is 12.5. The number of hydrogen-bond acceptors (Lipinski definition) is 3. The molecule has 0 aliphatic carbocycles. The van der Waals surface area contributed by atoms with Gasteiger partial charge in [0.2, 0.25) is 0 Å². The number of benzene rings is 1. The summed E-state index contributed by atoms with van der Waals surface area (Å²) in [5.74, 6) is 0.706. The molecule has 0 amide bonds. The van der Waals surface area contributed by atoms with Crippen molar-refractivity contribution in [2.45, 2.75) is 6.92 Å². The Morgan fingerprint density at radius 3 is 2.60 bits per heavy atom. The van der Waals surface area contributed by atoms with Gasteiger partial charge in [0, 0.05) is 6.26 Å². The van der Waals surface area contributed by atoms with Gasteiger partial charge in [0.1, 0.15) is 12.4 Å². The SMILES string of the molecule is Cc1ccc(OCCS(C)(=O)=O)c(Br)c1. The van der Waals surface area contributed by atoms with Crippen LogP contribution in [0.5, 0.6) is 5.75 Å². The Balaban J connectivity index is 2.59. The van der Waals surface area contributed by atoms with Crippen molar-refractivity contribution in [1.82, 2.24) is 0 Å². The first-order chi connectivity index (χ1) is 6.88. The summed E-state index contributed by atoms with van der Waals surface area (Å²) in [7, 11) is -2.96. The van der Waals surface area contributed by atoms with E-state index < -0.39 is 9.84 Å². The van der Waals surface area contributed by atoms with Crippen molar-refractivity contribution in [2.24, 2.45) is 0 Å². The predicted octanol–water partition coefficient (Wildman–Crippen LogP) is 2.18. The van der Waals surface area contributed by atoms with Crippen LogP contribution in [0.4, 0.5) is 0 Å². The molecule has 1 rings (SSSR count). The number of halogens is 1. The molecule has 0 aliphatic heterocycles. The van der Waals surface area contributed by atoms with Gasteiger partial charge in [0.25, 0.3) is 0 Å². The fourth-order valence-corrected chi connectivity index (χ4v) is 2.02. The minimum atomic E-state index is -2.96. The number of rotatable bonds is 4. The molecule has 3 nitrogen and oxygen atoms in total. The first-order valence-corrected chi connectivity index (χ1v) is 7.30. The van der Waals surface area contributed by atoms with Gasteiger partial charge in [-0.15, -0.1) is 0 Å². The number of hydrogen-bond donors (Lipinski definition) is 0. The Labute approximate surface area is 98.5 Å². The van der Waals surface area contributed by atoms with Gasteiger partial charge in [-0.05, 0) is 40.5 Å². The lowest BCUT2D eigenvalue weighted by Gasteiger charge is -2.07. The Morgan fingerprint density at radius 1 is 1.40 bits per heavy atom. The average molecular weight is 293 g/mol. The second-order valence-electron chi connectivity index (χ2n) is 3.41. The van der Waals surface area contributed by atoms with Crippen molar-refractivity contribution in [3.63, 3.8) is 0 Å². The first-order valence-electron chi connectivity index (χ1n) is 4.45. The molecule has 0 radical (unpaired) electrons. The van der Waals surface area contributed by atoms with Gasteiger partial charge in [-0.2, -0.15) is 0 Å². The van der Waals surface area contributed by atoms with Crippen LogP contribution in [-0.2, 0) is 9.84 Å². The van der Waals surface area contributed by atoms with E-state index in [1.54, 1.807) is 0 Å². The minimum absolute atomic E-state index is 0.0350. The molecule has 0 bridgehead atoms. The summed E-state index contributed by atoms with van der Waals surface area (Å²) in [6.45, 7) is 2.16. The Morgan fingerprint density at radius 2 is 2.07 bits per heavy atom. The minimum Gasteiger partial charge on any atom is -0.491 e. The van der Waals surface area contributed by atoms with Gasteiger partial charge in [0.05, 0.1) is 10.2 Å². The Bertz CT molecular complexity index is 440. The van der Waals surface area contributed by atoms with Crippen molar-refractivity contribution < 1.29 is 13.2 Å². The van der Waals surface area contributed by atoms with E-state index in [4.69, 9.17) is 4.74 Å². The molecule has 0 saturated heterocycles. The van der Waals surface area contributed by atoms with Crippen LogP contribution in [0.3, 0.4) is 0 Å². The lowest BCUT2D eigenvalue weighted by Crippen LogP contribution is -2.12. The van der Waals surface area contributed by atoms with Gasteiger partial charge in [0.15, 0.2) is 9.84 Å². The second kappa shape index (κ2) is 4.99. The summed E-state index contributed by atoms with van der Waals surface area (Å²) in [4.78, 5) is 0. The highest BCUT2D eigenvalue weighted by molar-refractivity contribution is 9.10. The molecule has 1 aromatic carbocycles. The Hall–Kier alpha value is -0.550. The third-order valence-corrected chi connectivity index (χ3v) is 3.33. The molecular weight excluding hydrogens is 280 g/mol. The van der Waals surface area contributed by atoms with Crippen LogP contribution in [0.25, 0.3) is 0 Å². The quantitative estimate of drug-likeness (QED) is 0.854. The maximum Gasteiger partial charge on any atom is 0.150 e. The molecule has 0 N–H and O–H groups in total. The van der Waals surface area contributed by atoms with E-state index >= 15 is 0 Å². The zero-order chi connectivity index (χ0) is 11.5. The number of ether oxygens (including phenoxy) is 1. The molecule has 1 aromatic rings. The van der Waals surface area contributed by atoms with Crippen molar-refractivity contribution >= 4 is 25.8 Å². The van der Waals surface area contributed by atoms with E-state index in [0.29, 0.717) is 5.75 Å². The maximum atomic E-state index is 10.9. The summed E-state index contributed by atoms with van der Waals surface area (Å²) in [6.07, 6.45) is 1.19. The van der Waals surface area contributed by atoms with E-state index in [2.05, 4.69) is 15.9 Å². The fraction of sp³-hybridized carbons (Fsp3) is 0.400. The van der Waals surface area contributed by atoms with Crippen LogP contribution in [0, 0.1) is 6.92 Å². The van der Waals surface area contributed by atoms with Crippen LogP contribution in [0.15, 0.2) is 22.7 Å². The average Bonchev–Trinajstić information content (AvgIpc) is 2.07. The van der Waals surface area contributed by atoms with Crippen molar-refractivity contribution in [2.75, 3.05) is 18.6 Å². The molecule has 15 heavy (non-hydrogen) atoms. The molecule has 0 unspecified atom stereocenters. The highest BCUT2D eigenvalue weighted by atomic mass is 79.9. The van der Waals surface area contributed by atoms with Crippen LogP contribution in [0.2, 0.25) is 0 Å². The third-order valence-electron chi connectivity index (χ3n) is 1.80. The van der Waals surface area contributed by atoms with Crippen molar-refractivity contribution in [3.8, 4) is 5.75 Å². The smallest absolute Gasteiger partial charge is 0.150 e. The van der Waals surface area contributed by atoms with Crippen LogP contribution < -0.4 is 4.74 Å². The van der Waals surface area contributed by atoms with Gasteiger partial charge in [-0.1, -0.05) is 6.07 Å². The molecule has 5 heteroatoms. The Kier molecular flexibility index (Phi) is 4.16. The topological polar surface area (TPSA) is 43.4 Å². The van der Waals surface area contributed by atoms with Crippen LogP contribution >= 0.6 is 15.9 Å². The highest BCUT2D eigenvalue weighted by Gasteiger charge is 2.04. The van der Waals surface area contributed by atoms with E-state index in [-0.39, 0.29) is 12.4 Å². The molecule has 0 fully saturated rings. The summed E-state index contributed by atoms with van der Waals surface area (Å²) in [5, 5.41) is 0. The van der Waals surface area contributed by atoms with Crippen molar-refractivity contribution in [3.05, 3.63) is 28.2 Å². The molecule has 0 atom stereocenters. The van der Waals surface area contributed by atoms with E-state index in [0.717, 1.165) is 10.0 Å². The van der Waals surface area contributed by atoms with E-state index in [1.807, 2.05) is 25.1 Å². The number of sulfone groups is 1. The zero-order valence-corrected chi connectivity index (χ0v) is 11.1. The highest BCUT2D eigenvalue weighted by Crippen LogP contribution is 2.25. The summed E-state index contributed by atoms with van der Waals surface area (Å²) in [5.41, 5.74) is 1.12. The molecule has 0 aromatic heterocycles. The molecule has 84 valence electrons. The molecule has 0 saturated carbocycles. The van der Waals surface area contributed by atoms with E-state index in [9.17, 15) is 8.42 Å². The summed E-state index contributed by atoms with van der Waals surface area (Å²) in [6, 6.07) is 5.66. The lowest BCUT2D eigenvalue weighted by atomic mass is 10.2. The van der Waals surface area contributed by atoms with Gasteiger partial charge in [-0.3, -0.25) is 0 Å². The van der Waals surface area contributed by atoms with Gasteiger partial charge >= 0.3 is 0 Å². The summed E-state index contributed by atoms with van der Waals surface area (Å²) >= 11 is 3.35. The van der Waals surface area contributed by atoms with Crippen LogP contribution in [0.1, 0.15) is 5.56 Å². The largest absolute Gasteiger partial charge is 0.491 e.